The molecule has 1 amide bonds. The van der Waals surface area contributed by atoms with E-state index in [4.69, 9.17) is 9.47 Å². The van der Waals surface area contributed by atoms with E-state index >= 15 is 0 Å². The molecule has 0 aliphatic carbocycles. The van der Waals surface area contributed by atoms with Gasteiger partial charge in [0.25, 0.3) is 5.91 Å². The third kappa shape index (κ3) is 6.75. The molecule has 2 aromatic rings. The number of rotatable bonds is 8. The van der Waals surface area contributed by atoms with Gasteiger partial charge in [0.15, 0.2) is 6.54 Å². The minimum absolute atomic E-state index is 0.0899. The van der Waals surface area contributed by atoms with Crippen molar-refractivity contribution in [3.63, 3.8) is 0 Å². The molecule has 0 aliphatic rings. The molecule has 2 rings (SSSR count). The molecule has 0 fully saturated rings. The van der Waals surface area contributed by atoms with E-state index in [0.717, 1.165) is 16.2 Å². The number of hydrogen-bond acceptors (Lipinski definition) is 4. The van der Waals surface area contributed by atoms with Crippen LogP contribution in [0.5, 0.6) is 5.75 Å². The van der Waals surface area contributed by atoms with E-state index < -0.39 is 0 Å². The predicted octanol–water partition coefficient (Wildman–Crippen LogP) is 1.91. The van der Waals surface area contributed by atoms with E-state index in [0.29, 0.717) is 24.3 Å². The SMILES string of the molecule is COc1cccc(C[NH+](C)CC(=O)Nc2ccc(C(=O)OC(C)C)cc2)c1. The quantitative estimate of drug-likeness (QED) is 0.696. The van der Waals surface area contributed by atoms with Crippen LogP contribution in [0.1, 0.15) is 29.8 Å². The van der Waals surface area contributed by atoms with E-state index in [1.165, 1.54) is 0 Å². The van der Waals surface area contributed by atoms with E-state index in [-0.39, 0.29) is 18.0 Å². The summed E-state index contributed by atoms with van der Waals surface area (Å²) in [5.41, 5.74) is 2.21. The van der Waals surface area contributed by atoms with Crippen LogP contribution in [0, 0.1) is 0 Å². The maximum Gasteiger partial charge on any atom is 0.338 e. The van der Waals surface area contributed by atoms with Crippen LogP contribution in [0.25, 0.3) is 0 Å². The molecule has 1 unspecified atom stereocenters. The number of likely N-dealkylation sites (N-methyl/N-ethyl adjacent to an activating group) is 1. The Hall–Kier alpha value is -2.86. The van der Waals surface area contributed by atoms with Crippen LogP contribution in [0.3, 0.4) is 0 Å². The standard InChI is InChI=1S/C21H26N2O4/c1-15(2)27-21(25)17-8-10-18(11-9-17)22-20(24)14-23(3)13-16-6-5-7-19(12-16)26-4/h5-12,15H,13-14H2,1-4H3,(H,22,24)/p+1. The molecule has 0 spiro atoms. The van der Waals surface area contributed by atoms with Crippen molar-refractivity contribution < 1.29 is 24.0 Å². The number of esters is 1. The molecule has 0 saturated heterocycles. The highest BCUT2D eigenvalue weighted by Gasteiger charge is 2.13. The van der Waals surface area contributed by atoms with Gasteiger partial charge in [-0.3, -0.25) is 4.79 Å². The van der Waals surface area contributed by atoms with E-state index in [1.54, 1.807) is 45.2 Å². The molecular weight excluding hydrogens is 344 g/mol. The minimum atomic E-state index is -0.370. The second-order valence-electron chi connectivity index (χ2n) is 6.74. The van der Waals surface area contributed by atoms with Crippen LogP contribution in [0.15, 0.2) is 48.5 Å². The van der Waals surface area contributed by atoms with Crippen LogP contribution in [0.2, 0.25) is 0 Å². The van der Waals surface area contributed by atoms with Crippen molar-refractivity contribution in [1.29, 1.82) is 0 Å². The summed E-state index contributed by atoms with van der Waals surface area (Å²) in [6.45, 7) is 4.65. The first-order valence-electron chi connectivity index (χ1n) is 8.92. The molecule has 0 saturated carbocycles. The van der Waals surface area contributed by atoms with Gasteiger partial charge in [-0.15, -0.1) is 0 Å². The molecular formula is C21H27N2O4+. The van der Waals surface area contributed by atoms with Crippen molar-refractivity contribution >= 4 is 17.6 Å². The molecule has 0 aromatic heterocycles. The molecule has 0 bridgehead atoms. The Kier molecular flexibility index (Phi) is 7.37. The highest BCUT2D eigenvalue weighted by molar-refractivity contribution is 5.93. The third-order valence-electron chi connectivity index (χ3n) is 3.85. The lowest BCUT2D eigenvalue weighted by atomic mass is 10.2. The first kappa shape index (κ1) is 20.5. The summed E-state index contributed by atoms with van der Waals surface area (Å²) in [7, 11) is 3.60. The number of amides is 1. The van der Waals surface area contributed by atoms with Gasteiger partial charge in [-0.2, -0.15) is 0 Å². The Morgan fingerprint density at radius 1 is 1.11 bits per heavy atom. The second-order valence-corrected chi connectivity index (χ2v) is 6.74. The fourth-order valence-electron chi connectivity index (χ4n) is 2.64. The second kappa shape index (κ2) is 9.73. The van der Waals surface area contributed by atoms with Crippen molar-refractivity contribution in [2.45, 2.75) is 26.5 Å². The number of carbonyl (C=O) groups is 2. The smallest absolute Gasteiger partial charge is 0.338 e. The zero-order chi connectivity index (χ0) is 19.8. The van der Waals surface area contributed by atoms with Crippen LogP contribution in [0.4, 0.5) is 5.69 Å². The Morgan fingerprint density at radius 3 is 2.44 bits per heavy atom. The zero-order valence-electron chi connectivity index (χ0n) is 16.2. The van der Waals surface area contributed by atoms with E-state index in [9.17, 15) is 9.59 Å². The maximum atomic E-state index is 12.3. The lowest BCUT2D eigenvalue weighted by molar-refractivity contribution is -0.885. The van der Waals surface area contributed by atoms with Crippen molar-refractivity contribution in [1.82, 2.24) is 0 Å². The Bertz CT molecular complexity index is 772. The number of anilines is 1. The highest BCUT2D eigenvalue weighted by Crippen LogP contribution is 2.12. The first-order chi connectivity index (χ1) is 12.9. The van der Waals surface area contributed by atoms with Crippen molar-refractivity contribution in [2.24, 2.45) is 0 Å². The summed E-state index contributed by atoms with van der Waals surface area (Å²) in [5, 5.41) is 2.85. The van der Waals surface area contributed by atoms with Gasteiger partial charge in [0.05, 0.1) is 25.8 Å². The number of ether oxygens (including phenoxy) is 2. The molecule has 1 atom stereocenters. The van der Waals surface area contributed by atoms with Crippen LogP contribution >= 0.6 is 0 Å². The number of hydrogen-bond donors (Lipinski definition) is 2. The molecule has 6 nitrogen and oxygen atoms in total. The topological polar surface area (TPSA) is 69.1 Å². The average molecular weight is 371 g/mol. The van der Waals surface area contributed by atoms with Gasteiger partial charge in [-0.05, 0) is 50.2 Å². The predicted molar refractivity (Wildman–Crippen MR) is 104 cm³/mol. The molecule has 0 radical (unpaired) electrons. The van der Waals surface area contributed by atoms with Crippen LogP contribution < -0.4 is 15.0 Å². The Morgan fingerprint density at radius 2 is 1.81 bits per heavy atom. The fourth-order valence-corrected chi connectivity index (χ4v) is 2.64. The summed E-state index contributed by atoms with van der Waals surface area (Å²) >= 11 is 0. The summed E-state index contributed by atoms with van der Waals surface area (Å²) in [6.07, 6.45) is -0.167. The normalized spacial score (nSPS) is 11.7. The van der Waals surface area contributed by atoms with Gasteiger partial charge < -0.3 is 19.7 Å². The molecule has 2 aromatic carbocycles. The summed E-state index contributed by atoms with van der Waals surface area (Å²) in [5.74, 6) is 0.346. The van der Waals surface area contributed by atoms with E-state index in [2.05, 4.69) is 5.32 Å². The lowest BCUT2D eigenvalue weighted by Gasteiger charge is -2.14. The van der Waals surface area contributed by atoms with Crippen molar-refractivity contribution in [2.75, 3.05) is 26.0 Å². The van der Waals surface area contributed by atoms with Crippen LogP contribution in [-0.2, 0) is 16.1 Å². The molecule has 144 valence electrons. The number of quaternary nitrogens is 1. The average Bonchev–Trinajstić information content (AvgIpc) is 2.61. The number of nitrogens with one attached hydrogen (secondary N) is 2. The van der Waals surface area contributed by atoms with E-state index in [1.807, 2.05) is 31.3 Å². The third-order valence-corrected chi connectivity index (χ3v) is 3.85. The van der Waals surface area contributed by atoms with Crippen LogP contribution in [-0.4, -0.2) is 38.7 Å². The molecule has 2 N–H and O–H groups in total. The summed E-state index contributed by atoms with van der Waals surface area (Å²) in [6, 6.07) is 14.5. The number of carbonyl (C=O) groups excluding carboxylic acids is 2. The summed E-state index contributed by atoms with van der Waals surface area (Å²) in [4.78, 5) is 25.1. The summed E-state index contributed by atoms with van der Waals surface area (Å²) < 4.78 is 10.4. The van der Waals surface area contributed by atoms with Crippen molar-refractivity contribution in [3.05, 3.63) is 59.7 Å². The highest BCUT2D eigenvalue weighted by atomic mass is 16.5. The zero-order valence-corrected chi connectivity index (χ0v) is 16.2. The van der Waals surface area contributed by atoms with Gasteiger partial charge in [0.2, 0.25) is 0 Å². The van der Waals surface area contributed by atoms with Gasteiger partial charge in [-0.25, -0.2) is 4.79 Å². The van der Waals surface area contributed by atoms with Gasteiger partial charge >= 0.3 is 5.97 Å². The first-order valence-corrected chi connectivity index (χ1v) is 8.92. The largest absolute Gasteiger partial charge is 0.497 e. The Labute approximate surface area is 160 Å². The molecule has 6 heteroatoms. The van der Waals surface area contributed by atoms with Gasteiger partial charge in [0.1, 0.15) is 12.3 Å². The number of benzene rings is 2. The molecule has 27 heavy (non-hydrogen) atoms. The van der Waals surface area contributed by atoms with Crippen molar-refractivity contribution in [3.8, 4) is 5.75 Å². The lowest BCUT2D eigenvalue weighted by Crippen LogP contribution is -3.08. The Balaban J connectivity index is 1.86. The monoisotopic (exact) mass is 371 g/mol. The number of methoxy groups -OCH3 is 1. The minimum Gasteiger partial charge on any atom is -0.497 e. The van der Waals surface area contributed by atoms with Gasteiger partial charge in [-0.1, -0.05) is 12.1 Å². The molecule has 0 heterocycles. The van der Waals surface area contributed by atoms with Gasteiger partial charge in [0, 0.05) is 11.3 Å². The maximum absolute atomic E-state index is 12.3. The fraction of sp³-hybridized carbons (Fsp3) is 0.333. The molecule has 0 aliphatic heterocycles.